The average molecular weight is 146 g/mol. The number of hydrogen-bond acceptors (Lipinski definition) is 1. The number of rotatable bonds is 3. The summed E-state index contributed by atoms with van der Waals surface area (Å²) in [5.74, 6) is -0.877. The fraction of sp³-hybridized carbons (Fsp3) is 0.857. The van der Waals surface area contributed by atoms with Crippen molar-refractivity contribution in [3.05, 3.63) is 0 Å². The van der Waals surface area contributed by atoms with E-state index in [0.717, 1.165) is 19.3 Å². The van der Waals surface area contributed by atoms with Gasteiger partial charge in [0.2, 0.25) is 0 Å². The summed E-state index contributed by atoms with van der Waals surface area (Å²) in [5.41, 5.74) is -0.480. The molecule has 1 saturated carbocycles. The SMILES string of the molecule is O=C(O)CC1(CF)CCC1. The van der Waals surface area contributed by atoms with Crippen molar-refractivity contribution in [1.82, 2.24) is 0 Å². The first kappa shape index (κ1) is 7.51. The maximum Gasteiger partial charge on any atom is 0.304 e. The minimum atomic E-state index is -0.877. The van der Waals surface area contributed by atoms with Crippen molar-refractivity contribution in [3.63, 3.8) is 0 Å². The Balaban J connectivity index is 2.40. The maximum absolute atomic E-state index is 12.2. The Morgan fingerprint density at radius 3 is 2.30 bits per heavy atom. The Morgan fingerprint density at radius 2 is 2.20 bits per heavy atom. The van der Waals surface area contributed by atoms with Gasteiger partial charge in [-0.05, 0) is 12.8 Å². The Bertz CT molecular complexity index is 135. The highest BCUT2D eigenvalue weighted by molar-refractivity contribution is 5.67. The van der Waals surface area contributed by atoms with E-state index in [-0.39, 0.29) is 6.42 Å². The lowest BCUT2D eigenvalue weighted by molar-refractivity contribution is -0.141. The van der Waals surface area contributed by atoms with Crippen LogP contribution in [0.4, 0.5) is 4.39 Å². The molecule has 0 aromatic heterocycles. The summed E-state index contributed by atoms with van der Waals surface area (Å²) in [6.45, 7) is -0.473. The molecule has 0 amide bonds. The van der Waals surface area contributed by atoms with Crippen molar-refractivity contribution in [3.8, 4) is 0 Å². The van der Waals surface area contributed by atoms with E-state index in [1.807, 2.05) is 0 Å². The standard InChI is InChI=1S/C7H11FO2/c8-5-7(2-1-3-7)4-6(9)10/h1-5H2,(H,9,10). The first-order valence-electron chi connectivity index (χ1n) is 3.46. The van der Waals surface area contributed by atoms with Crippen LogP contribution in [0.25, 0.3) is 0 Å². The van der Waals surface area contributed by atoms with Gasteiger partial charge < -0.3 is 5.11 Å². The van der Waals surface area contributed by atoms with E-state index in [9.17, 15) is 9.18 Å². The zero-order chi connectivity index (χ0) is 7.61. The number of hydrogen-bond donors (Lipinski definition) is 1. The smallest absolute Gasteiger partial charge is 0.304 e. The van der Waals surface area contributed by atoms with Gasteiger partial charge in [0, 0.05) is 5.41 Å². The zero-order valence-corrected chi connectivity index (χ0v) is 5.77. The second-order valence-electron chi connectivity index (χ2n) is 3.06. The van der Waals surface area contributed by atoms with Crippen LogP contribution in [0.3, 0.4) is 0 Å². The summed E-state index contributed by atoms with van der Waals surface area (Å²) in [6, 6.07) is 0. The summed E-state index contributed by atoms with van der Waals surface area (Å²) < 4.78 is 12.2. The summed E-state index contributed by atoms with van der Waals surface area (Å²) in [4.78, 5) is 10.2. The number of carboxylic acids is 1. The number of carbonyl (C=O) groups is 1. The number of alkyl halides is 1. The van der Waals surface area contributed by atoms with E-state index < -0.39 is 18.1 Å². The number of carboxylic acid groups (broad SMARTS) is 1. The first-order chi connectivity index (χ1) is 4.68. The van der Waals surface area contributed by atoms with E-state index in [0.29, 0.717) is 0 Å². The van der Waals surface area contributed by atoms with Crippen molar-refractivity contribution < 1.29 is 14.3 Å². The third-order valence-corrected chi connectivity index (χ3v) is 2.22. The number of aliphatic carboxylic acids is 1. The largest absolute Gasteiger partial charge is 0.481 e. The van der Waals surface area contributed by atoms with Crippen molar-refractivity contribution >= 4 is 5.97 Å². The first-order valence-corrected chi connectivity index (χ1v) is 3.46. The van der Waals surface area contributed by atoms with Gasteiger partial charge in [0.25, 0.3) is 0 Å². The van der Waals surface area contributed by atoms with Gasteiger partial charge >= 0.3 is 5.97 Å². The fourth-order valence-electron chi connectivity index (χ4n) is 1.36. The van der Waals surface area contributed by atoms with Gasteiger partial charge in [0.15, 0.2) is 0 Å². The molecule has 1 aliphatic carbocycles. The molecule has 58 valence electrons. The molecular weight excluding hydrogens is 135 g/mol. The molecule has 1 aliphatic rings. The van der Waals surface area contributed by atoms with Gasteiger partial charge in [-0.1, -0.05) is 6.42 Å². The van der Waals surface area contributed by atoms with Crippen molar-refractivity contribution in [1.29, 1.82) is 0 Å². The summed E-state index contributed by atoms with van der Waals surface area (Å²) in [5, 5.41) is 8.38. The van der Waals surface area contributed by atoms with Crippen LogP contribution in [0.5, 0.6) is 0 Å². The maximum atomic E-state index is 12.2. The molecule has 1 N–H and O–H groups in total. The van der Waals surface area contributed by atoms with Gasteiger partial charge in [-0.3, -0.25) is 9.18 Å². The Kier molecular flexibility index (Phi) is 1.92. The predicted molar refractivity (Wildman–Crippen MR) is 34.5 cm³/mol. The van der Waals surface area contributed by atoms with Crippen molar-refractivity contribution in [2.75, 3.05) is 6.67 Å². The lowest BCUT2D eigenvalue weighted by atomic mass is 9.68. The third kappa shape index (κ3) is 1.28. The molecule has 0 atom stereocenters. The second kappa shape index (κ2) is 2.56. The normalized spacial score (nSPS) is 21.7. The molecule has 0 aliphatic heterocycles. The van der Waals surface area contributed by atoms with E-state index in [4.69, 9.17) is 5.11 Å². The van der Waals surface area contributed by atoms with Gasteiger partial charge in [-0.2, -0.15) is 0 Å². The van der Waals surface area contributed by atoms with Gasteiger partial charge in [0.05, 0.1) is 13.1 Å². The number of halogens is 1. The fourth-order valence-corrected chi connectivity index (χ4v) is 1.36. The third-order valence-electron chi connectivity index (χ3n) is 2.22. The monoisotopic (exact) mass is 146 g/mol. The van der Waals surface area contributed by atoms with Crippen LogP contribution in [0.1, 0.15) is 25.7 Å². The minimum Gasteiger partial charge on any atom is -0.481 e. The molecule has 0 spiro atoms. The highest BCUT2D eigenvalue weighted by Gasteiger charge is 2.38. The van der Waals surface area contributed by atoms with Crippen LogP contribution in [0, 0.1) is 5.41 Å². The molecule has 0 bridgehead atoms. The van der Waals surface area contributed by atoms with Crippen LogP contribution in [0.15, 0.2) is 0 Å². The predicted octanol–water partition coefficient (Wildman–Crippen LogP) is 1.60. The lowest BCUT2D eigenvalue weighted by Gasteiger charge is -2.37. The molecule has 0 unspecified atom stereocenters. The molecule has 2 nitrogen and oxygen atoms in total. The van der Waals surface area contributed by atoms with E-state index in [1.165, 1.54) is 0 Å². The zero-order valence-electron chi connectivity index (χ0n) is 5.77. The Hall–Kier alpha value is -0.600. The highest BCUT2D eigenvalue weighted by atomic mass is 19.1. The molecular formula is C7H11FO2. The molecule has 0 aromatic carbocycles. The van der Waals surface area contributed by atoms with Gasteiger partial charge in [-0.15, -0.1) is 0 Å². The molecule has 3 heteroatoms. The van der Waals surface area contributed by atoms with Crippen LogP contribution < -0.4 is 0 Å². The topological polar surface area (TPSA) is 37.3 Å². The van der Waals surface area contributed by atoms with Crippen molar-refractivity contribution in [2.24, 2.45) is 5.41 Å². The van der Waals surface area contributed by atoms with Gasteiger partial charge in [-0.25, -0.2) is 0 Å². The summed E-state index contributed by atoms with van der Waals surface area (Å²) >= 11 is 0. The second-order valence-corrected chi connectivity index (χ2v) is 3.06. The summed E-state index contributed by atoms with van der Waals surface area (Å²) in [6.07, 6.45) is 2.48. The van der Waals surface area contributed by atoms with E-state index in [2.05, 4.69) is 0 Å². The Morgan fingerprint density at radius 1 is 1.60 bits per heavy atom. The average Bonchev–Trinajstić information content (AvgIpc) is 1.78. The minimum absolute atomic E-state index is 0.00347. The summed E-state index contributed by atoms with van der Waals surface area (Å²) in [7, 11) is 0. The van der Waals surface area contributed by atoms with Crippen molar-refractivity contribution in [2.45, 2.75) is 25.7 Å². The quantitative estimate of drug-likeness (QED) is 0.656. The molecule has 0 saturated heterocycles. The lowest BCUT2D eigenvalue weighted by Crippen LogP contribution is -2.33. The van der Waals surface area contributed by atoms with E-state index >= 15 is 0 Å². The van der Waals surface area contributed by atoms with Gasteiger partial charge in [0.1, 0.15) is 0 Å². The van der Waals surface area contributed by atoms with Crippen LogP contribution in [-0.2, 0) is 4.79 Å². The van der Waals surface area contributed by atoms with E-state index in [1.54, 1.807) is 0 Å². The van der Waals surface area contributed by atoms with Crippen LogP contribution >= 0.6 is 0 Å². The molecule has 1 rings (SSSR count). The molecule has 0 heterocycles. The molecule has 0 radical (unpaired) electrons. The van der Waals surface area contributed by atoms with Crippen LogP contribution in [-0.4, -0.2) is 17.8 Å². The van der Waals surface area contributed by atoms with Crippen LogP contribution in [0.2, 0.25) is 0 Å². The Labute approximate surface area is 59.0 Å². The highest BCUT2D eigenvalue weighted by Crippen LogP contribution is 2.44. The molecule has 0 aromatic rings. The molecule has 10 heavy (non-hydrogen) atoms. The molecule has 1 fully saturated rings.